The summed E-state index contributed by atoms with van der Waals surface area (Å²) in [6.07, 6.45) is 4.38. The Morgan fingerprint density at radius 3 is 3.06 bits per heavy atom. The Balaban J connectivity index is 1.80. The zero-order valence-corrected chi connectivity index (χ0v) is 9.61. The summed E-state index contributed by atoms with van der Waals surface area (Å²) >= 11 is 0. The van der Waals surface area contributed by atoms with Gasteiger partial charge in [0.05, 0.1) is 12.3 Å². The third-order valence-corrected chi connectivity index (χ3v) is 2.49. The van der Waals surface area contributed by atoms with Crippen LogP contribution in [-0.2, 0) is 11.3 Å². The molecule has 0 amide bonds. The third-order valence-electron chi connectivity index (χ3n) is 2.49. The summed E-state index contributed by atoms with van der Waals surface area (Å²) in [6, 6.07) is 4.56. The number of hydrogen-bond acceptors (Lipinski definition) is 4. The van der Waals surface area contributed by atoms with Crippen LogP contribution in [0.15, 0.2) is 18.3 Å². The Bertz CT molecular complexity index is 327. The van der Waals surface area contributed by atoms with Crippen LogP contribution in [0.1, 0.15) is 18.5 Å². The van der Waals surface area contributed by atoms with Crippen molar-refractivity contribution in [3.63, 3.8) is 0 Å². The van der Waals surface area contributed by atoms with Gasteiger partial charge in [-0.3, -0.25) is 4.98 Å². The Hall–Kier alpha value is -1.13. The van der Waals surface area contributed by atoms with Gasteiger partial charge in [0.25, 0.3) is 0 Å². The van der Waals surface area contributed by atoms with Crippen molar-refractivity contribution in [2.24, 2.45) is 0 Å². The number of hydrogen-bond donors (Lipinski definition) is 1. The molecule has 0 bridgehead atoms. The molecule has 1 aliphatic rings. The first-order valence-electron chi connectivity index (χ1n) is 5.68. The summed E-state index contributed by atoms with van der Waals surface area (Å²) in [5, 5.41) is 3.42. The fourth-order valence-electron chi connectivity index (χ4n) is 1.42. The molecular weight excluding hydrogens is 204 g/mol. The summed E-state index contributed by atoms with van der Waals surface area (Å²) < 4.78 is 10.4. The van der Waals surface area contributed by atoms with Crippen LogP contribution in [0.25, 0.3) is 0 Å². The smallest absolute Gasteiger partial charge is 0.122 e. The molecule has 0 radical (unpaired) electrons. The van der Waals surface area contributed by atoms with Crippen LogP contribution in [0.5, 0.6) is 5.75 Å². The first kappa shape index (κ1) is 11.4. The van der Waals surface area contributed by atoms with Gasteiger partial charge in [-0.2, -0.15) is 0 Å². The summed E-state index contributed by atoms with van der Waals surface area (Å²) in [6.45, 7) is 2.01. The number of ether oxygens (including phenoxy) is 2. The topological polar surface area (TPSA) is 43.4 Å². The van der Waals surface area contributed by atoms with Crippen LogP contribution in [0.4, 0.5) is 0 Å². The average Bonchev–Trinajstić information content (AvgIpc) is 3.11. The standard InChI is InChI=1S/C12H18N2O2/c1-15-6-7-16-12-4-5-13-11(8-12)9-14-10-2-3-10/h4-5,8,10,14H,2-3,6-7,9H2,1H3. The molecule has 1 fully saturated rings. The molecule has 16 heavy (non-hydrogen) atoms. The van der Waals surface area contributed by atoms with Gasteiger partial charge in [0, 0.05) is 32.0 Å². The zero-order chi connectivity index (χ0) is 11.2. The lowest BCUT2D eigenvalue weighted by molar-refractivity contribution is 0.146. The molecule has 1 saturated carbocycles. The van der Waals surface area contributed by atoms with Crippen molar-refractivity contribution in [1.29, 1.82) is 0 Å². The van der Waals surface area contributed by atoms with Crippen molar-refractivity contribution in [3.8, 4) is 5.75 Å². The molecular formula is C12H18N2O2. The molecule has 2 rings (SSSR count). The number of nitrogens with zero attached hydrogens (tertiary/aromatic N) is 1. The van der Waals surface area contributed by atoms with E-state index < -0.39 is 0 Å². The second-order valence-corrected chi connectivity index (χ2v) is 3.98. The van der Waals surface area contributed by atoms with E-state index in [0.717, 1.165) is 18.0 Å². The second kappa shape index (κ2) is 5.82. The summed E-state index contributed by atoms with van der Waals surface area (Å²) in [4.78, 5) is 4.29. The summed E-state index contributed by atoms with van der Waals surface area (Å²) in [5.74, 6) is 0.861. The molecule has 1 N–H and O–H groups in total. The van der Waals surface area contributed by atoms with Crippen molar-refractivity contribution in [2.45, 2.75) is 25.4 Å². The van der Waals surface area contributed by atoms with Crippen LogP contribution >= 0.6 is 0 Å². The minimum absolute atomic E-state index is 0.579. The summed E-state index contributed by atoms with van der Waals surface area (Å²) in [7, 11) is 1.67. The van der Waals surface area contributed by atoms with E-state index in [1.54, 1.807) is 13.3 Å². The van der Waals surface area contributed by atoms with Crippen LogP contribution in [0, 0.1) is 0 Å². The number of rotatable bonds is 7. The van der Waals surface area contributed by atoms with Crippen LogP contribution in [0.3, 0.4) is 0 Å². The predicted octanol–water partition coefficient (Wildman–Crippen LogP) is 1.36. The third kappa shape index (κ3) is 3.79. The Morgan fingerprint density at radius 1 is 1.44 bits per heavy atom. The predicted molar refractivity (Wildman–Crippen MR) is 61.5 cm³/mol. The lowest BCUT2D eigenvalue weighted by Crippen LogP contribution is -2.16. The van der Waals surface area contributed by atoms with Gasteiger partial charge >= 0.3 is 0 Å². The van der Waals surface area contributed by atoms with E-state index in [4.69, 9.17) is 9.47 Å². The largest absolute Gasteiger partial charge is 0.491 e. The highest BCUT2D eigenvalue weighted by Gasteiger charge is 2.20. The molecule has 88 valence electrons. The minimum atomic E-state index is 0.579. The normalized spacial score (nSPS) is 15.1. The maximum atomic E-state index is 5.52. The summed E-state index contributed by atoms with van der Waals surface area (Å²) in [5.41, 5.74) is 1.03. The molecule has 4 nitrogen and oxygen atoms in total. The van der Waals surface area contributed by atoms with E-state index in [1.165, 1.54) is 12.8 Å². The molecule has 1 aliphatic carbocycles. The molecule has 0 aromatic carbocycles. The molecule has 1 aromatic heterocycles. The number of methoxy groups -OCH3 is 1. The van der Waals surface area contributed by atoms with Crippen molar-refractivity contribution in [1.82, 2.24) is 10.3 Å². The second-order valence-electron chi connectivity index (χ2n) is 3.98. The number of pyridine rings is 1. The molecule has 0 spiro atoms. The Labute approximate surface area is 96.0 Å². The van der Waals surface area contributed by atoms with E-state index in [9.17, 15) is 0 Å². The van der Waals surface area contributed by atoms with Crippen LogP contribution in [-0.4, -0.2) is 31.3 Å². The van der Waals surface area contributed by atoms with Gasteiger partial charge in [0.1, 0.15) is 12.4 Å². The lowest BCUT2D eigenvalue weighted by atomic mass is 10.3. The van der Waals surface area contributed by atoms with E-state index >= 15 is 0 Å². The first-order valence-corrected chi connectivity index (χ1v) is 5.68. The van der Waals surface area contributed by atoms with Gasteiger partial charge in [0.2, 0.25) is 0 Å². The Morgan fingerprint density at radius 2 is 2.31 bits per heavy atom. The van der Waals surface area contributed by atoms with Crippen molar-refractivity contribution in [2.75, 3.05) is 20.3 Å². The lowest BCUT2D eigenvalue weighted by Gasteiger charge is -2.07. The SMILES string of the molecule is COCCOc1ccnc(CNC2CC2)c1. The average molecular weight is 222 g/mol. The van der Waals surface area contributed by atoms with Crippen LogP contribution < -0.4 is 10.1 Å². The highest BCUT2D eigenvalue weighted by molar-refractivity contribution is 5.22. The van der Waals surface area contributed by atoms with Crippen molar-refractivity contribution < 1.29 is 9.47 Å². The van der Waals surface area contributed by atoms with Gasteiger partial charge < -0.3 is 14.8 Å². The fourth-order valence-corrected chi connectivity index (χ4v) is 1.42. The first-order chi connectivity index (χ1) is 7.88. The fraction of sp³-hybridized carbons (Fsp3) is 0.583. The Kier molecular flexibility index (Phi) is 4.13. The van der Waals surface area contributed by atoms with Gasteiger partial charge in [-0.1, -0.05) is 0 Å². The number of aromatic nitrogens is 1. The maximum absolute atomic E-state index is 5.52. The van der Waals surface area contributed by atoms with Gasteiger partial charge in [0.15, 0.2) is 0 Å². The van der Waals surface area contributed by atoms with E-state index in [-0.39, 0.29) is 0 Å². The molecule has 0 unspecified atom stereocenters. The van der Waals surface area contributed by atoms with Gasteiger partial charge in [-0.25, -0.2) is 0 Å². The highest BCUT2D eigenvalue weighted by Crippen LogP contribution is 2.19. The van der Waals surface area contributed by atoms with E-state index in [1.807, 2.05) is 12.1 Å². The molecule has 1 aromatic rings. The van der Waals surface area contributed by atoms with Crippen LogP contribution in [0.2, 0.25) is 0 Å². The zero-order valence-electron chi connectivity index (χ0n) is 9.61. The minimum Gasteiger partial charge on any atom is -0.491 e. The molecule has 1 heterocycles. The van der Waals surface area contributed by atoms with Gasteiger partial charge in [-0.15, -0.1) is 0 Å². The van der Waals surface area contributed by atoms with E-state index in [0.29, 0.717) is 19.3 Å². The maximum Gasteiger partial charge on any atom is 0.122 e. The number of nitrogens with one attached hydrogen (secondary N) is 1. The monoisotopic (exact) mass is 222 g/mol. The highest BCUT2D eigenvalue weighted by atomic mass is 16.5. The van der Waals surface area contributed by atoms with Crippen molar-refractivity contribution in [3.05, 3.63) is 24.0 Å². The molecule has 0 atom stereocenters. The quantitative estimate of drug-likeness (QED) is 0.707. The molecule has 4 heteroatoms. The van der Waals surface area contributed by atoms with Gasteiger partial charge in [-0.05, 0) is 18.9 Å². The van der Waals surface area contributed by atoms with Crippen molar-refractivity contribution >= 4 is 0 Å². The molecule has 0 saturated heterocycles. The van der Waals surface area contributed by atoms with E-state index in [2.05, 4.69) is 10.3 Å². The molecule has 0 aliphatic heterocycles.